The molecule has 114 valence electrons. The zero-order valence-electron chi connectivity index (χ0n) is 12.0. The van der Waals surface area contributed by atoms with E-state index in [-0.39, 0.29) is 17.5 Å². The van der Waals surface area contributed by atoms with Gasteiger partial charge >= 0.3 is 0 Å². The summed E-state index contributed by atoms with van der Waals surface area (Å²) >= 11 is 0. The second-order valence-electron chi connectivity index (χ2n) is 5.11. The lowest BCUT2D eigenvalue weighted by Crippen LogP contribution is -2.42. The minimum Gasteiger partial charge on any atom is -0.320 e. The molecule has 4 nitrogen and oxygen atoms in total. The summed E-state index contributed by atoms with van der Waals surface area (Å²) in [4.78, 5) is -0.283. The molecule has 1 aromatic rings. The molecule has 1 fully saturated rings. The lowest BCUT2D eigenvalue weighted by atomic mass is 10.1. The van der Waals surface area contributed by atoms with E-state index in [1.165, 1.54) is 16.4 Å². The van der Waals surface area contributed by atoms with Crippen LogP contribution in [-0.2, 0) is 10.0 Å². The zero-order valence-corrected chi connectivity index (χ0v) is 12.8. The SMILES string of the molecule is CC1CCCCN1S(=O)(=O)c1ccc(C#CCN)cc1F. The number of hydrogen-bond donors (Lipinski definition) is 1. The average molecular weight is 310 g/mol. The molecule has 0 aliphatic carbocycles. The molecule has 6 heteroatoms. The highest BCUT2D eigenvalue weighted by atomic mass is 32.2. The van der Waals surface area contributed by atoms with Crippen LogP contribution in [-0.4, -0.2) is 31.9 Å². The number of hydrogen-bond acceptors (Lipinski definition) is 3. The van der Waals surface area contributed by atoms with E-state index in [0.717, 1.165) is 25.3 Å². The van der Waals surface area contributed by atoms with Gasteiger partial charge in [-0.3, -0.25) is 0 Å². The maximum absolute atomic E-state index is 14.2. The molecule has 1 atom stereocenters. The second-order valence-corrected chi connectivity index (χ2v) is 6.97. The fourth-order valence-corrected chi connectivity index (χ4v) is 4.24. The number of sulfonamides is 1. The fraction of sp³-hybridized carbons (Fsp3) is 0.467. The van der Waals surface area contributed by atoms with Gasteiger partial charge in [-0.2, -0.15) is 4.31 Å². The van der Waals surface area contributed by atoms with Crippen LogP contribution in [0.5, 0.6) is 0 Å². The Morgan fingerprint density at radius 2 is 2.19 bits per heavy atom. The Bertz CT molecular complexity index is 677. The van der Waals surface area contributed by atoms with Crippen molar-refractivity contribution in [3.63, 3.8) is 0 Å². The predicted molar refractivity (Wildman–Crippen MR) is 79.5 cm³/mol. The van der Waals surface area contributed by atoms with Crippen molar-refractivity contribution < 1.29 is 12.8 Å². The standard InChI is InChI=1S/C15H19FN2O2S/c1-12-5-2-3-10-18(12)21(19,20)15-8-7-13(6-4-9-17)11-14(15)16/h7-8,11-12H,2-3,5,9-10,17H2,1H3. The van der Waals surface area contributed by atoms with E-state index in [1.54, 1.807) is 0 Å². The van der Waals surface area contributed by atoms with Crippen LogP contribution in [0.1, 0.15) is 31.7 Å². The van der Waals surface area contributed by atoms with Crippen LogP contribution >= 0.6 is 0 Å². The summed E-state index contributed by atoms with van der Waals surface area (Å²) in [6.07, 6.45) is 2.62. The number of rotatable bonds is 2. The quantitative estimate of drug-likeness (QED) is 0.846. The van der Waals surface area contributed by atoms with Gasteiger partial charge < -0.3 is 5.73 Å². The van der Waals surface area contributed by atoms with Crippen molar-refractivity contribution in [2.45, 2.75) is 37.1 Å². The fourth-order valence-electron chi connectivity index (χ4n) is 2.50. The van der Waals surface area contributed by atoms with Crippen LogP contribution in [0.25, 0.3) is 0 Å². The molecule has 0 spiro atoms. The molecule has 0 amide bonds. The van der Waals surface area contributed by atoms with Crippen molar-refractivity contribution in [3.05, 3.63) is 29.6 Å². The Morgan fingerprint density at radius 3 is 2.81 bits per heavy atom. The van der Waals surface area contributed by atoms with E-state index >= 15 is 0 Å². The number of nitrogens with two attached hydrogens (primary N) is 1. The normalized spacial score (nSPS) is 19.9. The Kier molecular flexibility index (Phi) is 4.99. The number of piperidine rings is 1. The topological polar surface area (TPSA) is 63.4 Å². The van der Waals surface area contributed by atoms with Crippen LogP contribution in [0.2, 0.25) is 0 Å². The van der Waals surface area contributed by atoms with Gasteiger partial charge in [0.25, 0.3) is 0 Å². The molecule has 1 aromatic carbocycles. The third-order valence-corrected chi connectivity index (χ3v) is 5.64. The second kappa shape index (κ2) is 6.56. The molecule has 1 saturated heterocycles. The molecule has 0 radical (unpaired) electrons. The Morgan fingerprint density at radius 1 is 1.43 bits per heavy atom. The van der Waals surface area contributed by atoms with E-state index in [2.05, 4.69) is 11.8 Å². The third kappa shape index (κ3) is 3.43. The van der Waals surface area contributed by atoms with E-state index in [9.17, 15) is 12.8 Å². The zero-order chi connectivity index (χ0) is 15.5. The maximum atomic E-state index is 14.2. The van der Waals surface area contributed by atoms with Crippen molar-refractivity contribution in [1.82, 2.24) is 4.31 Å². The molecule has 21 heavy (non-hydrogen) atoms. The van der Waals surface area contributed by atoms with Gasteiger partial charge in [-0.1, -0.05) is 18.3 Å². The molecule has 1 aliphatic rings. The van der Waals surface area contributed by atoms with E-state index in [1.807, 2.05) is 6.92 Å². The van der Waals surface area contributed by atoms with Gasteiger partial charge in [0.05, 0.1) is 6.54 Å². The summed E-state index contributed by atoms with van der Waals surface area (Å²) in [5.41, 5.74) is 5.68. The summed E-state index contributed by atoms with van der Waals surface area (Å²) in [5.74, 6) is 4.53. The Hall–Kier alpha value is -1.42. The highest BCUT2D eigenvalue weighted by Crippen LogP contribution is 2.26. The molecule has 1 unspecified atom stereocenters. The summed E-state index contributed by atoms with van der Waals surface area (Å²) < 4.78 is 40.7. The predicted octanol–water partition coefficient (Wildman–Crippen LogP) is 1.70. The van der Waals surface area contributed by atoms with Crippen molar-refractivity contribution >= 4 is 10.0 Å². The summed E-state index contributed by atoms with van der Waals surface area (Å²) in [7, 11) is -3.79. The van der Waals surface area contributed by atoms with Crippen molar-refractivity contribution in [2.75, 3.05) is 13.1 Å². The molecule has 1 heterocycles. The first-order valence-electron chi connectivity index (χ1n) is 6.97. The minimum atomic E-state index is -3.79. The van der Waals surface area contributed by atoms with Gasteiger partial charge in [0.1, 0.15) is 10.7 Å². The van der Waals surface area contributed by atoms with Crippen molar-refractivity contribution in [3.8, 4) is 11.8 Å². The molecule has 2 rings (SSSR count). The van der Waals surface area contributed by atoms with E-state index < -0.39 is 15.8 Å². The van der Waals surface area contributed by atoms with Crippen LogP contribution in [0.15, 0.2) is 23.1 Å². The molecular weight excluding hydrogens is 291 g/mol. The van der Waals surface area contributed by atoms with E-state index in [4.69, 9.17) is 5.73 Å². The van der Waals surface area contributed by atoms with Gasteiger partial charge in [-0.15, -0.1) is 0 Å². The molecule has 1 aliphatic heterocycles. The van der Waals surface area contributed by atoms with Gasteiger partial charge in [-0.25, -0.2) is 12.8 Å². The van der Waals surface area contributed by atoms with Crippen LogP contribution in [0, 0.1) is 17.7 Å². The highest BCUT2D eigenvalue weighted by Gasteiger charge is 2.32. The smallest absolute Gasteiger partial charge is 0.246 e. The van der Waals surface area contributed by atoms with Crippen molar-refractivity contribution in [1.29, 1.82) is 0 Å². The van der Waals surface area contributed by atoms with Crippen LogP contribution in [0.4, 0.5) is 4.39 Å². The minimum absolute atomic E-state index is 0.0974. The van der Waals surface area contributed by atoms with E-state index in [0.29, 0.717) is 12.1 Å². The molecular formula is C15H19FN2O2S. The third-order valence-electron chi connectivity index (χ3n) is 3.60. The maximum Gasteiger partial charge on any atom is 0.246 e. The van der Waals surface area contributed by atoms with Crippen LogP contribution < -0.4 is 5.73 Å². The molecule has 0 saturated carbocycles. The van der Waals surface area contributed by atoms with Gasteiger partial charge in [0, 0.05) is 18.2 Å². The Labute approximate surface area is 125 Å². The van der Waals surface area contributed by atoms with Gasteiger partial charge in [-0.05, 0) is 38.0 Å². The molecule has 2 N–H and O–H groups in total. The van der Waals surface area contributed by atoms with Gasteiger partial charge in [0.15, 0.2) is 0 Å². The number of halogens is 1. The lowest BCUT2D eigenvalue weighted by molar-refractivity contribution is 0.268. The lowest BCUT2D eigenvalue weighted by Gasteiger charge is -2.32. The number of benzene rings is 1. The molecule has 0 aromatic heterocycles. The number of nitrogens with zero attached hydrogens (tertiary/aromatic N) is 1. The largest absolute Gasteiger partial charge is 0.320 e. The van der Waals surface area contributed by atoms with Crippen LogP contribution in [0.3, 0.4) is 0 Å². The summed E-state index contributed by atoms with van der Waals surface area (Å²) in [6, 6.07) is 3.84. The van der Waals surface area contributed by atoms with Gasteiger partial charge in [0.2, 0.25) is 10.0 Å². The first-order valence-corrected chi connectivity index (χ1v) is 8.41. The summed E-state index contributed by atoms with van der Waals surface area (Å²) in [6.45, 7) is 2.47. The average Bonchev–Trinajstić information content (AvgIpc) is 2.45. The van der Waals surface area contributed by atoms with Crippen molar-refractivity contribution in [2.24, 2.45) is 5.73 Å². The molecule has 0 bridgehead atoms. The Balaban J connectivity index is 2.36. The monoisotopic (exact) mass is 310 g/mol. The first kappa shape index (κ1) is 16.0. The first-order chi connectivity index (χ1) is 9.96. The summed E-state index contributed by atoms with van der Waals surface area (Å²) in [5, 5.41) is 0. The highest BCUT2D eigenvalue weighted by molar-refractivity contribution is 7.89.